The Labute approximate surface area is 237 Å². The van der Waals surface area contributed by atoms with Crippen LogP contribution in [0.4, 0.5) is 4.79 Å². The van der Waals surface area contributed by atoms with Crippen molar-refractivity contribution in [2.45, 2.75) is 65.0 Å². The van der Waals surface area contributed by atoms with Crippen molar-refractivity contribution in [2.24, 2.45) is 0 Å². The van der Waals surface area contributed by atoms with Crippen molar-refractivity contribution in [1.82, 2.24) is 25.8 Å². The van der Waals surface area contributed by atoms with Crippen molar-refractivity contribution in [2.75, 3.05) is 33.2 Å². The molecule has 2 aromatic carbocycles. The molecular formula is C31H43N5O4. The Bertz CT molecular complexity index is 1150. The van der Waals surface area contributed by atoms with E-state index in [1.807, 2.05) is 47.4 Å². The molecule has 1 fully saturated rings. The minimum Gasteiger partial charge on any atom is -0.355 e. The summed E-state index contributed by atoms with van der Waals surface area (Å²) >= 11 is 0. The molecule has 40 heavy (non-hydrogen) atoms. The summed E-state index contributed by atoms with van der Waals surface area (Å²) in [6.45, 7) is 5.79. The van der Waals surface area contributed by atoms with Crippen molar-refractivity contribution in [3.05, 3.63) is 59.7 Å². The van der Waals surface area contributed by atoms with Gasteiger partial charge in [0.25, 0.3) is 0 Å². The lowest BCUT2D eigenvalue weighted by Gasteiger charge is -2.32. The number of nitrogens with zero attached hydrogens (tertiary/aromatic N) is 2. The number of carbonyl (C=O) groups excluding carboxylic acids is 4. The van der Waals surface area contributed by atoms with Gasteiger partial charge in [0, 0.05) is 33.1 Å². The van der Waals surface area contributed by atoms with Crippen LogP contribution in [0.3, 0.4) is 0 Å². The van der Waals surface area contributed by atoms with E-state index in [0.29, 0.717) is 26.1 Å². The van der Waals surface area contributed by atoms with Crippen LogP contribution in [-0.4, -0.2) is 72.8 Å². The van der Waals surface area contributed by atoms with Crippen LogP contribution in [0.15, 0.2) is 48.5 Å². The lowest BCUT2D eigenvalue weighted by atomic mass is 9.98. The highest BCUT2D eigenvalue weighted by Gasteiger charge is 2.33. The molecule has 1 aliphatic rings. The zero-order valence-electron chi connectivity index (χ0n) is 24.0. The number of unbranched alkanes of at least 4 members (excludes halogenated alkanes) is 3. The van der Waals surface area contributed by atoms with E-state index in [4.69, 9.17) is 0 Å². The lowest BCUT2D eigenvalue weighted by Crippen LogP contribution is -2.60. The summed E-state index contributed by atoms with van der Waals surface area (Å²) < 4.78 is 0. The number of benzene rings is 2. The average Bonchev–Trinajstić information content (AvgIpc) is 2.96. The summed E-state index contributed by atoms with van der Waals surface area (Å²) in [5.41, 5.74) is 4.02. The molecule has 3 N–H and O–H groups in total. The first-order valence-corrected chi connectivity index (χ1v) is 14.3. The average molecular weight is 550 g/mol. The van der Waals surface area contributed by atoms with E-state index in [9.17, 15) is 19.2 Å². The smallest absolute Gasteiger partial charge is 0.317 e. The fourth-order valence-electron chi connectivity index (χ4n) is 4.78. The molecule has 0 radical (unpaired) electrons. The lowest BCUT2D eigenvalue weighted by molar-refractivity contribution is -0.146. The summed E-state index contributed by atoms with van der Waals surface area (Å²) in [4.78, 5) is 53.1. The molecule has 9 nitrogen and oxygen atoms in total. The van der Waals surface area contributed by atoms with Crippen LogP contribution in [0.2, 0.25) is 0 Å². The second-order valence-corrected chi connectivity index (χ2v) is 10.3. The predicted molar refractivity (Wildman–Crippen MR) is 156 cm³/mol. The van der Waals surface area contributed by atoms with Crippen molar-refractivity contribution < 1.29 is 19.2 Å². The van der Waals surface area contributed by atoms with Gasteiger partial charge in [-0.3, -0.25) is 14.4 Å². The van der Waals surface area contributed by atoms with Crippen LogP contribution in [0.5, 0.6) is 0 Å². The third-order valence-corrected chi connectivity index (χ3v) is 7.03. The maximum atomic E-state index is 13.0. The first kappa shape index (κ1) is 30.7. The molecule has 0 spiro atoms. The van der Waals surface area contributed by atoms with Gasteiger partial charge in [-0.15, -0.1) is 0 Å². The first-order chi connectivity index (χ1) is 19.3. The molecule has 3 rings (SSSR count). The van der Waals surface area contributed by atoms with Gasteiger partial charge in [-0.2, -0.15) is 0 Å². The molecule has 1 aliphatic heterocycles. The molecule has 1 heterocycles. The molecule has 0 aliphatic carbocycles. The quantitative estimate of drug-likeness (QED) is 0.314. The molecule has 1 saturated heterocycles. The van der Waals surface area contributed by atoms with Crippen LogP contribution >= 0.6 is 0 Å². The Balaban J connectivity index is 1.62. The number of amides is 5. The van der Waals surface area contributed by atoms with Gasteiger partial charge in [0.05, 0.1) is 0 Å². The van der Waals surface area contributed by atoms with E-state index in [0.717, 1.165) is 54.4 Å². The summed E-state index contributed by atoms with van der Waals surface area (Å²) in [6.07, 6.45) is 5.30. The van der Waals surface area contributed by atoms with Crippen LogP contribution in [0, 0.1) is 0 Å². The first-order valence-electron chi connectivity index (χ1n) is 14.3. The molecule has 0 saturated carbocycles. The maximum absolute atomic E-state index is 13.0. The molecule has 0 aromatic heterocycles. The van der Waals surface area contributed by atoms with Crippen LogP contribution in [-0.2, 0) is 27.3 Å². The molecule has 1 atom stereocenters. The fraction of sp³-hybridized carbons (Fsp3) is 0.484. The third-order valence-electron chi connectivity index (χ3n) is 7.03. The molecule has 216 valence electrons. The van der Waals surface area contributed by atoms with E-state index >= 15 is 0 Å². The van der Waals surface area contributed by atoms with Gasteiger partial charge in [-0.05, 0) is 41.2 Å². The van der Waals surface area contributed by atoms with Gasteiger partial charge in [0.15, 0.2) is 0 Å². The van der Waals surface area contributed by atoms with Crippen molar-refractivity contribution >= 4 is 23.8 Å². The van der Waals surface area contributed by atoms with Gasteiger partial charge in [-0.25, -0.2) is 4.79 Å². The second kappa shape index (κ2) is 15.6. The van der Waals surface area contributed by atoms with Crippen molar-refractivity contribution in [3.63, 3.8) is 0 Å². The monoisotopic (exact) mass is 549 g/mol. The highest BCUT2D eigenvalue weighted by atomic mass is 16.2. The number of nitrogens with one attached hydrogen (secondary N) is 3. The summed E-state index contributed by atoms with van der Waals surface area (Å²) in [7, 11) is 1.65. The number of hydrogen-bond donors (Lipinski definition) is 3. The van der Waals surface area contributed by atoms with Gasteiger partial charge in [0.2, 0.25) is 17.7 Å². The van der Waals surface area contributed by atoms with E-state index in [-0.39, 0.29) is 36.8 Å². The molecule has 9 heteroatoms. The Morgan fingerprint density at radius 1 is 0.975 bits per heavy atom. The predicted octanol–water partition coefficient (Wildman–Crippen LogP) is 3.47. The van der Waals surface area contributed by atoms with Crippen LogP contribution < -0.4 is 16.0 Å². The van der Waals surface area contributed by atoms with Crippen LogP contribution in [0.25, 0.3) is 11.1 Å². The number of rotatable bonds is 14. The van der Waals surface area contributed by atoms with E-state index in [1.165, 1.54) is 4.90 Å². The minimum atomic E-state index is -0.706. The topological polar surface area (TPSA) is 111 Å². The van der Waals surface area contributed by atoms with Crippen LogP contribution in [0.1, 0.15) is 57.1 Å². The van der Waals surface area contributed by atoms with E-state index < -0.39 is 6.04 Å². The fourth-order valence-corrected chi connectivity index (χ4v) is 4.78. The SMILES string of the molecule is CCCCCNC(=O)CN1CC(=O)N[C@@H](Cc2ccc(-c3cccc(CN(CCCC)C(=O)NC)c3)cc2)C1=O. The Hall–Kier alpha value is -3.88. The molecular weight excluding hydrogens is 506 g/mol. The Kier molecular flexibility index (Phi) is 12.0. The molecule has 0 unspecified atom stereocenters. The number of hydrogen-bond acceptors (Lipinski definition) is 4. The standard InChI is InChI=1S/C31H43N5O4/c1-4-6-8-16-33-28(37)21-36-22-29(38)34-27(30(36)39)19-23-12-14-25(15-13-23)26-11-9-10-24(18-26)20-35(17-7-5-2)31(40)32-3/h9-15,18,27H,4-8,16-17,19-22H2,1-3H3,(H,32,40)(H,33,37)(H,34,38)/t27-/m0/s1. The summed E-state index contributed by atoms with van der Waals surface area (Å²) in [5.74, 6) is -0.751. The highest BCUT2D eigenvalue weighted by molar-refractivity contribution is 5.97. The van der Waals surface area contributed by atoms with Gasteiger partial charge in [-0.1, -0.05) is 75.6 Å². The van der Waals surface area contributed by atoms with Gasteiger partial charge >= 0.3 is 6.03 Å². The number of piperazine rings is 1. The third kappa shape index (κ3) is 9.10. The maximum Gasteiger partial charge on any atom is 0.317 e. The number of carbonyl (C=O) groups is 4. The van der Waals surface area contributed by atoms with E-state index in [1.54, 1.807) is 7.05 Å². The van der Waals surface area contributed by atoms with Gasteiger partial charge < -0.3 is 25.8 Å². The minimum absolute atomic E-state index is 0.0845. The Morgan fingerprint density at radius 3 is 2.42 bits per heavy atom. The largest absolute Gasteiger partial charge is 0.355 e. The van der Waals surface area contributed by atoms with Crippen molar-refractivity contribution in [3.8, 4) is 11.1 Å². The normalized spacial score (nSPS) is 15.0. The summed E-state index contributed by atoms with van der Waals surface area (Å²) in [5, 5.41) is 8.33. The van der Waals surface area contributed by atoms with E-state index in [2.05, 4.69) is 35.9 Å². The molecule has 2 aromatic rings. The second-order valence-electron chi connectivity index (χ2n) is 10.3. The molecule has 0 bridgehead atoms. The van der Waals surface area contributed by atoms with Gasteiger partial charge in [0.1, 0.15) is 19.1 Å². The molecule has 5 amide bonds. The zero-order valence-corrected chi connectivity index (χ0v) is 24.0. The summed E-state index contributed by atoms with van der Waals surface area (Å²) in [6, 6.07) is 15.3. The highest BCUT2D eigenvalue weighted by Crippen LogP contribution is 2.23. The van der Waals surface area contributed by atoms with Crippen molar-refractivity contribution in [1.29, 1.82) is 0 Å². The Morgan fingerprint density at radius 2 is 1.73 bits per heavy atom. The zero-order chi connectivity index (χ0) is 28.9. The number of urea groups is 1.